The van der Waals surface area contributed by atoms with Gasteiger partial charge in [-0.2, -0.15) is 0 Å². The van der Waals surface area contributed by atoms with Crippen LogP contribution in [0.4, 0.5) is 5.82 Å². The molecule has 3 aromatic heterocycles. The van der Waals surface area contributed by atoms with Gasteiger partial charge in [-0.05, 0) is 82.2 Å². The van der Waals surface area contributed by atoms with E-state index in [-0.39, 0.29) is 0 Å². The zero-order valence-electron chi connectivity index (χ0n) is 23.0. The molecule has 2 aromatic carbocycles. The maximum Gasteiger partial charge on any atom is 0.150 e. The lowest BCUT2D eigenvalue weighted by Crippen LogP contribution is -2.31. The van der Waals surface area contributed by atoms with Crippen molar-refractivity contribution in [3.8, 4) is 28.5 Å². The molecule has 0 bridgehead atoms. The first kappa shape index (κ1) is 25.8. The van der Waals surface area contributed by atoms with Crippen LogP contribution in [-0.2, 0) is 6.61 Å². The van der Waals surface area contributed by atoms with Gasteiger partial charge in [-0.3, -0.25) is 4.40 Å². The van der Waals surface area contributed by atoms with Crippen LogP contribution >= 0.6 is 0 Å². The smallest absolute Gasteiger partial charge is 0.150 e. The van der Waals surface area contributed by atoms with Gasteiger partial charge in [0.15, 0.2) is 0 Å². The number of ether oxygens (including phenoxy) is 2. The zero-order valence-corrected chi connectivity index (χ0v) is 23.0. The van der Waals surface area contributed by atoms with Crippen LogP contribution in [0.25, 0.3) is 16.8 Å². The van der Waals surface area contributed by atoms with Gasteiger partial charge in [0.25, 0.3) is 0 Å². The molecule has 40 heavy (non-hydrogen) atoms. The van der Waals surface area contributed by atoms with Gasteiger partial charge in [-0.25, -0.2) is 19.9 Å². The fourth-order valence-electron chi connectivity index (χ4n) is 5.29. The van der Waals surface area contributed by atoms with Crippen molar-refractivity contribution in [3.05, 3.63) is 90.0 Å². The Morgan fingerprint density at radius 1 is 0.975 bits per heavy atom. The number of benzene rings is 2. The Morgan fingerprint density at radius 3 is 2.52 bits per heavy atom. The van der Waals surface area contributed by atoms with Crippen molar-refractivity contribution in [1.82, 2.24) is 29.2 Å². The topological polar surface area (TPSA) is 104 Å². The van der Waals surface area contributed by atoms with Gasteiger partial charge in [0, 0.05) is 54.4 Å². The zero-order chi connectivity index (χ0) is 27.6. The molecule has 0 saturated carbocycles. The van der Waals surface area contributed by atoms with Crippen LogP contribution < -0.4 is 15.2 Å². The highest BCUT2D eigenvalue weighted by molar-refractivity contribution is 5.85. The SMILES string of the molecule is Cc1cc(OCc2cnc(C)nc2)cc(Oc2ccc(-c3nc([C@@H]4CCCN(C)C4)n4ccnc(N)c34)cc2)c1. The molecular weight excluding hydrogens is 502 g/mol. The van der Waals surface area contributed by atoms with Crippen molar-refractivity contribution in [3.63, 3.8) is 0 Å². The van der Waals surface area contributed by atoms with Crippen molar-refractivity contribution in [2.75, 3.05) is 25.9 Å². The van der Waals surface area contributed by atoms with Gasteiger partial charge in [-0.1, -0.05) is 0 Å². The van der Waals surface area contributed by atoms with E-state index in [0.29, 0.717) is 24.1 Å². The number of hydrogen-bond acceptors (Lipinski definition) is 8. The van der Waals surface area contributed by atoms with Crippen LogP contribution in [0.2, 0.25) is 0 Å². The first-order valence-electron chi connectivity index (χ1n) is 13.5. The summed E-state index contributed by atoms with van der Waals surface area (Å²) in [5, 5.41) is 0. The van der Waals surface area contributed by atoms with Gasteiger partial charge in [0.1, 0.15) is 52.5 Å². The summed E-state index contributed by atoms with van der Waals surface area (Å²) in [6, 6.07) is 13.8. The van der Waals surface area contributed by atoms with Crippen LogP contribution in [0.15, 0.2) is 67.3 Å². The molecule has 5 aromatic rings. The number of nitrogens with zero attached hydrogens (tertiary/aromatic N) is 6. The second-order valence-corrected chi connectivity index (χ2v) is 10.5. The minimum absolute atomic E-state index is 0.348. The summed E-state index contributed by atoms with van der Waals surface area (Å²) < 4.78 is 14.3. The number of rotatable bonds is 7. The number of hydrogen-bond donors (Lipinski definition) is 1. The lowest BCUT2D eigenvalue weighted by Gasteiger charge is -2.28. The number of piperidine rings is 1. The fourth-order valence-corrected chi connectivity index (χ4v) is 5.29. The molecule has 0 aliphatic carbocycles. The van der Waals surface area contributed by atoms with E-state index in [4.69, 9.17) is 20.2 Å². The van der Waals surface area contributed by atoms with E-state index in [2.05, 4.69) is 31.3 Å². The van der Waals surface area contributed by atoms with E-state index in [9.17, 15) is 0 Å². The molecule has 9 nitrogen and oxygen atoms in total. The molecule has 1 fully saturated rings. The van der Waals surface area contributed by atoms with Crippen LogP contribution in [0.5, 0.6) is 17.2 Å². The van der Waals surface area contributed by atoms with Crippen LogP contribution in [-0.4, -0.2) is 49.4 Å². The molecule has 4 heterocycles. The average molecular weight is 536 g/mol. The highest BCUT2D eigenvalue weighted by Gasteiger charge is 2.26. The van der Waals surface area contributed by atoms with Crippen molar-refractivity contribution in [2.24, 2.45) is 0 Å². The molecule has 1 aliphatic rings. The number of nitrogen functional groups attached to an aromatic ring is 1. The Balaban J connectivity index is 1.22. The molecule has 204 valence electrons. The molecule has 0 amide bonds. The van der Waals surface area contributed by atoms with Gasteiger partial charge < -0.3 is 20.1 Å². The highest BCUT2D eigenvalue weighted by atomic mass is 16.5. The number of fused-ring (bicyclic) bond motifs is 1. The third-order valence-corrected chi connectivity index (χ3v) is 7.23. The van der Waals surface area contributed by atoms with E-state index < -0.39 is 0 Å². The molecule has 2 N–H and O–H groups in total. The largest absolute Gasteiger partial charge is 0.489 e. The van der Waals surface area contributed by atoms with E-state index in [0.717, 1.165) is 77.0 Å². The van der Waals surface area contributed by atoms with Crippen molar-refractivity contribution in [1.29, 1.82) is 0 Å². The lowest BCUT2D eigenvalue weighted by atomic mass is 9.98. The molecule has 1 saturated heterocycles. The monoisotopic (exact) mass is 535 g/mol. The van der Waals surface area contributed by atoms with Gasteiger partial charge >= 0.3 is 0 Å². The normalized spacial score (nSPS) is 15.8. The first-order valence-corrected chi connectivity index (χ1v) is 13.5. The van der Waals surface area contributed by atoms with Crippen molar-refractivity contribution < 1.29 is 9.47 Å². The second kappa shape index (κ2) is 10.9. The second-order valence-electron chi connectivity index (χ2n) is 10.5. The number of likely N-dealkylation sites (tertiary alicyclic amines) is 1. The maximum atomic E-state index is 6.37. The summed E-state index contributed by atoms with van der Waals surface area (Å²) in [4.78, 5) is 20.3. The average Bonchev–Trinajstić information content (AvgIpc) is 3.34. The summed E-state index contributed by atoms with van der Waals surface area (Å²) in [6.45, 7) is 6.36. The Bertz CT molecular complexity index is 1630. The molecule has 6 rings (SSSR count). The minimum Gasteiger partial charge on any atom is -0.489 e. The van der Waals surface area contributed by atoms with Gasteiger partial charge in [0.05, 0.1) is 0 Å². The molecule has 0 radical (unpaired) electrons. The summed E-state index contributed by atoms with van der Waals surface area (Å²) in [5.41, 5.74) is 11.0. The Labute approximate surface area is 233 Å². The molecule has 0 spiro atoms. The number of aryl methyl sites for hydroxylation is 2. The number of imidazole rings is 1. The van der Waals surface area contributed by atoms with Gasteiger partial charge in [-0.15, -0.1) is 0 Å². The Hall–Kier alpha value is -4.50. The predicted molar refractivity (Wildman–Crippen MR) is 155 cm³/mol. The number of likely N-dealkylation sites (N-methyl/N-ethyl adjacent to an activating group) is 1. The summed E-state index contributed by atoms with van der Waals surface area (Å²) >= 11 is 0. The van der Waals surface area contributed by atoms with E-state index in [1.807, 2.05) is 62.5 Å². The maximum absolute atomic E-state index is 6.37. The summed E-state index contributed by atoms with van der Waals surface area (Å²) in [6.07, 6.45) is 9.53. The summed E-state index contributed by atoms with van der Waals surface area (Å²) in [7, 11) is 2.17. The number of anilines is 1. The van der Waals surface area contributed by atoms with Crippen LogP contribution in [0, 0.1) is 13.8 Å². The lowest BCUT2D eigenvalue weighted by molar-refractivity contribution is 0.245. The van der Waals surface area contributed by atoms with Gasteiger partial charge in [0.2, 0.25) is 0 Å². The number of nitrogens with two attached hydrogens (primary N) is 1. The molecule has 1 aliphatic heterocycles. The standard InChI is InChI=1S/C31H33N7O2/c1-20-13-26(39-19-22-16-34-21(2)35-17-22)15-27(14-20)40-25-8-6-23(7-9-25)28-29-30(32)33-10-12-38(29)31(36-28)24-5-4-11-37(3)18-24/h6-10,12-17,24H,4-5,11,18-19H2,1-3H3,(H2,32,33)/t24-/m1/s1. The predicted octanol–water partition coefficient (Wildman–Crippen LogP) is 5.57. The van der Waals surface area contributed by atoms with E-state index in [1.54, 1.807) is 18.6 Å². The van der Waals surface area contributed by atoms with E-state index in [1.165, 1.54) is 0 Å². The first-order chi connectivity index (χ1) is 19.4. The quantitative estimate of drug-likeness (QED) is 0.289. The highest BCUT2D eigenvalue weighted by Crippen LogP contribution is 2.35. The molecule has 1 atom stereocenters. The van der Waals surface area contributed by atoms with Crippen molar-refractivity contribution >= 4 is 11.3 Å². The molecular formula is C31H33N7O2. The summed E-state index contributed by atoms with van der Waals surface area (Å²) in [5.74, 6) is 4.74. The van der Waals surface area contributed by atoms with Crippen LogP contribution in [0.1, 0.15) is 41.5 Å². The Kier molecular flexibility index (Phi) is 7.04. The fraction of sp³-hybridized carbons (Fsp3) is 0.290. The third kappa shape index (κ3) is 5.46. The van der Waals surface area contributed by atoms with Crippen molar-refractivity contribution in [2.45, 2.75) is 39.2 Å². The minimum atomic E-state index is 0.348. The molecule has 9 heteroatoms. The van der Waals surface area contributed by atoms with Crippen LogP contribution in [0.3, 0.4) is 0 Å². The Morgan fingerprint density at radius 2 is 1.75 bits per heavy atom. The third-order valence-electron chi connectivity index (χ3n) is 7.23. The molecule has 0 unspecified atom stereocenters. The van der Waals surface area contributed by atoms with E-state index >= 15 is 0 Å². The number of aromatic nitrogens is 5.